The second-order valence-electron chi connectivity index (χ2n) is 5.96. The van der Waals surface area contributed by atoms with E-state index in [2.05, 4.69) is 0 Å². The Morgan fingerprint density at radius 1 is 1.12 bits per heavy atom. The molecule has 5 unspecified atom stereocenters. The van der Waals surface area contributed by atoms with Gasteiger partial charge in [-0.25, -0.2) is 0 Å². The summed E-state index contributed by atoms with van der Waals surface area (Å²) in [5.74, 6) is -1.26. The molecule has 1 fully saturated rings. The molecule has 0 saturated carbocycles. The molecule has 0 bridgehead atoms. The molecule has 1 saturated heterocycles. The van der Waals surface area contributed by atoms with Gasteiger partial charge in [-0.05, 0) is 26.0 Å². The van der Waals surface area contributed by atoms with Crippen LogP contribution in [-0.4, -0.2) is 46.6 Å². The van der Waals surface area contributed by atoms with Gasteiger partial charge < -0.3 is 24.4 Å². The first-order valence-electron chi connectivity index (χ1n) is 7.68. The van der Waals surface area contributed by atoms with E-state index in [9.17, 15) is 19.8 Å². The van der Waals surface area contributed by atoms with Crippen LogP contribution in [0, 0.1) is 6.92 Å². The summed E-state index contributed by atoms with van der Waals surface area (Å²) < 4.78 is 16.2. The van der Waals surface area contributed by atoms with Crippen LogP contribution in [0.5, 0.6) is 5.75 Å². The van der Waals surface area contributed by atoms with Crippen molar-refractivity contribution in [1.29, 1.82) is 0 Å². The SMILES string of the molecule is CC(=O)OC1C(c2cc(C)ccc2O)OC(C)C(O)C1OC(C)=O. The zero-order chi connectivity index (χ0) is 18.0. The summed E-state index contributed by atoms with van der Waals surface area (Å²) >= 11 is 0. The number of esters is 2. The van der Waals surface area contributed by atoms with Gasteiger partial charge in [0.15, 0.2) is 12.2 Å². The van der Waals surface area contributed by atoms with Crippen LogP contribution in [0.2, 0.25) is 0 Å². The maximum Gasteiger partial charge on any atom is 0.303 e. The van der Waals surface area contributed by atoms with Crippen molar-refractivity contribution in [2.75, 3.05) is 0 Å². The first kappa shape index (κ1) is 18.2. The quantitative estimate of drug-likeness (QED) is 0.803. The number of hydrogen-bond donors (Lipinski definition) is 2. The number of aliphatic hydroxyl groups excluding tert-OH is 1. The molecule has 7 nitrogen and oxygen atoms in total. The second-order valence-corrected chi connectivity index (χ2v) is 5.96. The zero-order valence-corrected chi connectivity index (χ0v) is 14.1. The Kier molecular flexibility index (Phi) is 5.46. The van der Waals surface area contributed by atoms with Gasteiger partial charge in [0.05, 0.1) is 6.10 Å². The molecule has 7 heteroatoms. The third kappa shape index (κ3) is 3.85. The minimum absolute atomic E-state index is 0.0343. The fourth-order valence-electron chi connectivity index (χ4n) is 2.82. The van der Waals surface area contributed by atoms with Crippen molar-refractivity contribution in [3.05, 3.63) is 29.3 Å². The van der Waals surface area contributed by atoms with Gasteiger partial charge in [-0.2, -0.15) is 0 Å². The highest BCUT2D eigenvalue weighted by Crippen LogP contribution is 2.39. The lowest BCUT2D eigenvalue weighted by atomic mass is 9.90. The van der Waals surface area contributed by atoms with Gasteiger partial charge in [0.25, 0.3) is 0 Å². The summed E-state index contributed by atoms with van der Waals surface area (Å²) in [5.41, 5.74) is 1.27. The molecule has 132 valence electrons. The van der Waals surface area contributed by atoms with E-state index in [-0.39, 0.29) is 5.75 Å². The molecule has 0 spiro atoms. The number of benzene rings is 1. The number of carbonyl (C=O) groups is 2. The van der Waals surface area contributed by atoms with Crippen molar-refractivity contribution >= 4 is 11.9 Å². The van der Waals surface area contributed by atoms with Crippen LogP contribution in [0.25, 0.3) is 0 Å². The standard InChI is InChI=1S/C17H22O7/c1-8-5-6-13(20)12(7-8)15-17(24-11(4)19)16(23-10(3)18)14(21)9(2)22-15/h5-7,9,14-17,20-21H,1-4H3. The summed E-state index contributed by atoms with van der Waals surface area (Å²) in [6, 6.07) is 4.94. The van der Waals surface area contributed by atoms with Crippen LogP contribution in [0.1, 0.15) is 38.0 Å². The molecular weight excluding hydrogens is 316 g/mol. The zero-order valence-electron chi connectivity index (χ0n) is 14.1. The number of ether oxygens (including phenoxy) is 3. The van der Waals surface area contributed by atoms with Crippen LogP contribution in [-0.2, 0) is 23.8 Å². The van der Waals surface area contributed by atoms with Gasteiger partial charge in [-0.1, -0.05) is 11.6 Å². The number of carbonyl (C=O) groups excluding carboxylic acids is 2. The molecule has 0 radical (unpaired) electrons. The number of phenols is 1. The summed E-state index contributed by atoms with van der Waals surface area (Å²) in [6.45, 7) is 5.87. The number of rotatable bonds is 3. The Labute approximate surface area is 140 Å². The normalized spacial score (nSPS) is 29.8. The molecule has 1 heterocycles. The van der Waals surface area contributed by atoms with Crippen molar-refractivity contribution in [2.24, 2.45) is 0 Å². The molecule has 2 N–H and O–H groups in total. The van der Waals surface area contributed by atoms with E-state index in [1.165, 1.54) is 19.9 Å². The predicted octanol–water partition coefficient (Wildman–Crippen LogP) is 1.38. The van der Waals surface area contributed by atoms with Gasteiger partial charge in [0.1, 0.15) is 18.0 Å². The molecule has 1 aliphatic heterocycles. The fourth-order valence-corrected chi connectivity index (χ4v) is 2.82. The van der Waals surface area contributed by atoms with Crippen LogP contribution >= 0.6 is 0 Å². The Balaban J connectivity index is 2.47. The van der Waals surface area contributed by atoms with Crippen molar-refractivity contribution < 1.29 is 34.0 Å². The largest absolute Gasteiger partial charge is 0.508 e. The van der Waals surface area contributed by atoms with Gasteiger partial charge >= 0.3 is 11.9 Å². The fraction of sp³-hybridized carbons (Fsp3) is 0.529. The average Bonchev–Trinajstić information content (AvgIpc) is 2.48. The first-order chi connectivity index (χ1) is 11.2. The third-order valence-electron chi connectivity index (χ3n) is 3.89. The summed E-state index contributed by atoms with van der Waals surface area (Å²) in [6.07, 6.45) is -4.91. The van der Waals surface area contributed by atoms with E-state index in [1.807, 2.05) is 6.92 Å². The molecule has 24 heavy (non-hydrogen) atoms. The van der Waals surface area contributed by atoms with Gasteiger partial charge in [0, 0.05) is 19.4 Å². The molecule has 0 aliphatic carbocycles. The molecule has 5 atom stereocenters. The number of hydrogen-bond acceptors (Lipinski definition) is 7. The molecule has 0 aromatic heterocycles. The number of aromatic hydroxyl groups is 1. The van der Waals surface area contributed by atoms with Crippen LogP contribution in [0.3, 0.4) is 0 Å². The van der Waals surface area contributed by atoms with Crippen LogP contribution in [0.4, 0.5) is 0 Å². The maximum absolute atomic E-state index is 11.5. The highest BCUT2D eigenvalue weighted by Gasteiger charge is 2.48. The van der Waals surface area contributed by atoms with Crippen LogP contribution < -0.4 is 0 Å². The summed E-state index contributed by atoms with van der Waals surface area (Å²) in [7, 11) is 0. The molecule has 1 aliphatic rings. The second kappa shape index (κ2) is 7.19. The van der Waals surface area contributed by atoms with Crippen molar-refractivity contribution in [3.8, 4) is 5.75 Å². The lowest BCUT2D eigenvalue weighted by Gasteiger charge is -2.42. The van der Waals surface area contributed by atoms with E-state index in [1.54, 1.807) is 19.1 Å². The smallest absolute Gasteiger partial charge is 0.303 e. The third-order valence-corrected chi connectivity index (χ3v) is 3.89. The highest BCUT2D eigenvalue weighted by molar-refractivity contribution is 5.67. The van der Waals surface area contributed by atoms with Crippen molar-refractivity contribution in [2.45, 2.75) is 58.2 Å². The molecule has 1 aromatic carbocycles. The number of aliphatic hydroxyl groups is 1. The minimum atomic E-state index is -1.17. The van der Waals surface area contributed by atoms with E-state index in [4.69, 9.17) is 14.2 Å². The van der Waals surface area contributed by atoms with E-state index in [0.717, 1.165) is 5.56 Å². The van der Waals surface area contributed by atoms with E-state index < -0.39 is 42.5 Å². The monoisotopic (exact) mass is 338 g/mol. The molecule has 0 amide bonds. The minimum Gasteiger partial charge on any atom is -0.508 e. The van der Waals surface area contributed by atoms with E-state index >= 15 is 0 Å². The van der Waals surface area contributed by atoms with Crippen LogP contribution in [0.15, 0.2) is 18.2 Å². The lowest BCUT2D eigenvalue weighted by molar-refractivity contribution is -0.239. The predicted molar refractivity (Wildman–Crippen MR) is 83.2 cm³/mol. The van der Waals surface area contributed by atoms with Gasteiger partial charge in [-0.3, -0.25) is 9.59 Å². The topological polar surface area (TPSA) is 102 Å². The number of aryl methyl sites for hydroxylation is 1. The Morgan fingerprint density at radius 2 is 1.71 bits per heavy atom. The number of phenolic OH excluding ortho intramolecular Hbond substituents is 1. The Bertz CT molecular complexity index is 627. The van der Waals surface area contributed by atoms with Crippen molar-refractivity contribution in [3.63, 3.8) is 0 Å². The first-order valence-corrected chi connectivity index (χ1v) is 7.68. The van der Waals surface area contributed by atoms with E-state index in [0.29, 0.717) is 5.56 Å². The lowest BCUT2D eigenvalue weighted by Crippen LogP contribution is -2.56. The summed E-state index contributed by atoms with van der Waals surface area (Å²) in [4.78, 5) is 22.9. The summed E-state index contributed by atoms with van der Waals surface area (Å²) in [5, 5.41) is 20.5. The molecular formula is C17H22O7. The Morgan fingerprint density at radius 3 is 2.29 bits per heavy atom. The average molecular weight is 338 g/mol. The highest BCUT2D eigenvalue weighted by atomic mass is 16.6. The van der Waals surface area contributed by atoms with Gasteiger partial charge in [-0.15, -0.1) is 0 Å². The Hall–Kier alpha value is -2.12. The van der Waals surface area contributed by atoms with Gasteiger partial charge in [0.2, 0.25) is 0 Å². The molecule has 1 aromatic rings. The maximum atomic E-state index is 11.5. The van der Waals surface area contributed by atoms with Crippen molar-refractivity contribution in [1.82, 2.24) is 0 Å². The molecule has 2 rings (SSSR count).